The molecule has 0 aromatic heterocycles. The Morgan fingerprint density at radius 3 is 2.42 bits per heavy atom. The number of para-hydroxylation sites is 1. The van der Waals surface area contributed by atoms with E-state index in [4.69, 9.17) is 16.3 Å². The lowest BCUT2D eigenvalue weighted by molar-refractivity contribution is 0.0628. The average molecular weight is 435 g/mol. The van der Waals surface area contributed by atoms with E-state index in [1.165, 1.54) is 11.1 Å². The standard InChI is InChI=1S/C26H27ClN2O2/c1-20-6-4-7-21(16-20)18-28-12-14-29(15-13-28)26(30)23-9-5-8-22(17-23)19-31-25-11-3-2-10-24(25)27/h2-11,16-17H,12-15,18-19H2,1H3. The first kappa shape index (κ1) is 21.4. The lowest BCUT2D eigenvalue weighted by atomic mass is 10.1. The van der Waals surface area contributed by atoms with Gasteiger partial charge < -0.3 is 9.64 Å². The Hall–Kier alpha value is -2.82. The number of hydrogen-bond donors (Lipinski definition) is 0. The SMILES string of the molecule is Cc1cccc(CN2CCN(C(=O)c3cccc(COc4ccccc4Cl)c3)CC2)c1. The molecule has 0 atom stereocenters. The number of amides is 1. The van der Waals surface area contributed by atoms with Crippen molar-refractivity contribution in [2.24, 2.45) is 0 Å². The quantitative estimate of drug-likeness (QED) is 0.535. The van der Waals surface area contributed by atoms with Gasteiger partial charge in [-0.15, -0.1) is 0 Å². The molecule has 0 spiro atoms. The lowest BCUT2D eigenvalue weighted by Gasteiger charge is -2.35. The molecular weight excluding hydrogens is 408 g/mol. The highest BCUT2D eigenvalue weighted by molar-refractivity contribution is 6.32. The first-order valence-corrected chi connectivity index (χ1v) is 11.0. The van der Waals surface area contributed by atoms with Crippen molar-refractivity contribution in [3.63, 3.8) is 0 Å². The third kappa shape index (κ3) is 5.66. The van der Waals surface area contributed by atoms with Crippen molar-refractivity contribution >= 4 is 17.5 Å². The number of piperazine rings is 1. The molecule has 0 saturated carbocycles. The maximum atomic E-state index is 13.0. The molecule has 4 rings (SSSR count). The molecule has 4 nitrogen and oxygen atoms in total. The van der Waals surface area contributed by atoms with Crippen LogP contribution in [-0.4, -0.2) is 41.9 Å². The molecule has 160 valence electrons. The fraction of sp³-hybridized carbons (Fsp3) is 0.269. The predicted octanol–water partition coefficient (Wildman–Crippen LogP) is 5.19. The molecule has 0 aliphatic carbocycles. The molecule has 31 heavy (non-hydrogen) atoms. The van der Waals surface area contributed by atoms with Crippen molar-refractivity contribution in [3.8, 4) is 5.75 Å². The van der Waals surface area contributed by atoms with Crippen molar-refractivity contribution in [1.82, 2.24) is 9.80 Å². The fourth-order valence-corrected chi connectivity index (χ4v) is 4.07. The molecule has 0 N–H and O–H groups in total. The van der Waals surface area contributed by atoms with Crippen LogP contribution >= 0.6 is 11.6 Å². The van der Waals surface area contributed by atoms with Gasteiger partial charge >= 0.3 is 0 Å². The van der Waals surface area contributed by atoms with E-state index in [1.54, 1.807) is 6.07 Å². The van der Waals surface area contributed by atoms with Crippen LogP contribution in [-0.2, 0) is 13.2 Å². The largest absolute Gasteiger partial charge is 0.487 e. The average Bonchev–Trinajstić information content (AvgIpc) is 2.79. The highest BCUT2D eigenvalue weighted by Crippen LogP contribution is 2.24. The summed E-state index contributed by atoms with van der Waals surface area (Å²) in [7, 11) is 0. The number of benzene rings is 3. The number of carbonyl (C=O) groups is 1. The summed E-state index contributed by atoms with van der Waals surface area (Å²) in [5, 5.41) is 0.582. The second-order valence-corrected chi connectivity index (χ2v) is 8.38. The molecule has 0 unspecified atom stereocenters. The number of nitrogens with zero attached hydrogens (tertiary/aromatic N) is 2. The van der Waals surface area contributed by atoms with E-state index in [0.29, 0.717) is 22.9 Å². The molecule has 3 aromatic carbocycles. The van der Waals surface area contributed by atoms with Crippen molar-refractivity contribution in [3.05, 3.63) is 100 Å². The minimum Gasteiger partial charge on any atom is -0.487 e. The first-order valence-electron chi connectivity index (χ1n) is 10.6. The Kier molecular flexibility index (Phi) is 6.90. The van der Waals surface area contributed by atoms with Crippen LogP contribution in [0.4, 0.5) is 0 Å². The number of rotatable bonds is 6. The Morgan fingerprint density at radius 2 is 1.65 bits per heavy atom. The Morgan fingerprint density at radius 1 is 0.903 bits per heavy atom. The van der Waals surface area contributed by atoms with Gasteiger partial charge in [-0.2, -0.15) is 0 Å². The smallest absolute Gasteiger partial charge is 0.253 e. The third-order valence-corrected chi connectivity index (χ3v) is 5.87. The van der Waals surface area contributed by atoms with Crippen LogP contribution in [0, 0.1) is 6.92 Å². The van der Waals surface area contributed by atoms with E-state index in [0.717, 1.165) is 38.3 Å². The summed E-state index contributed by atoms with van der Waals surface area (Å²) in [5.74, 6) is 0.723. The van der Waals surface area contributed by atoms with Crippen molar-refractivity contribution in [1.29, 1.82) is 0 Å². The van der Waals surface area contributed by atoms with E-state index in [1.807, 2.05) is 47.4 Å². The van der Waals surface area contributed by atoms with E-state index < -0.39 is 0 Å². The van der Waals surface area contributed by atoms with Gasteiger partial charge in [0.2, 0.25) is 0 Å². The summed E-state index contributed by atoms with van der Waals surface area (Å²) in [5.41, 5.74) is 4.26. The van der Waals surface area contributed by atoms with Gasteiger partial charge in [0.15, 0.2) is 0 Å². The number of halogens is 1. The molecule has 0 radical (unpaired) electrons. The first-order chi connectivity index (χ1) is 15.1. The fourth-order valence-electron chi connectivity index (χ4n) is 3.88. The van der Waals surface area contributed by atoms with Crippen LogP contribution in [0.5, 0.6) is 5.75 Å². The minimum atomic E-state index is 0.0785. The monoisotopic (exact) mass is 434 g/mol. The van der Waals surface area contributed by atoms with Crippen molar-refractivity contribution in [2.45, 2.75) is 20.1 Å². The molecule has 1 amide bonds. The second-order valence-electron chi connectivity index (χ2n) is 7.98. The summed E-state index contributed by atoms with van der Waals surface area (Å²) >= 11 is 6.15. The van der Waals surface area contributed by atoms with E-state index >= 15 is 0 Å². The zero-order chi connectivity index (χ0) is 21.6. The highest BCUT2D eigenvalue weighted by atomic mass is 35.5. The highest BCUT2D eigenvalue weighted by Gasteiger charge is 2.22. The van der Waals surface area contributed by atoms with Crippen LogP contribution in [0.1, 0.15) is 27.0 Å². The molecular formula is C26H27ClN2O2. The van der Waals surface area contributed by atoms with Crippen LogP contribution in [0.15, 0.2) is 72.8 Å². The zero-order valence-electron chi connectivity index (χ0n) is 17.8. The number of hydrogen-bond acceptors (Lipinski definition) is 3. The molecule has 5 heteroatoms. The van der Waals surface area contributed by atoms with Crippen LogP contribution < -0.4 is 4.74 Å². The Bertz CT molecular complexity index is 1040. The maximum Gasteiger partial charge on any atom is 0.253 e. The zero-order valence-corrected chi connectivity index (χ0v) is 18.5. The van der Waals surface area contributed by atoms with Crippen molar-refractivity contribution in [2.75, 3.05) is 26.2 Å². The molecule has 1 heterocycles. The predicted molar refractivity (Wildman–Crippen MR) is 125 cm³/mol. The van der Waals surface area contributed by atoms with Crippen molar-refractivity contribution < 1.29 is 9.53 Å². The molecule has 1 fully saturated rings. The van der Waals surface area contributed by atoms with Gasteiger partial charge in [0.25, 0.3) is 5.91 Å². The maximum absolute atomic E-state index is 13.0. The van der Waals surface area contributed by atoms with Gasteiger partial charge in [-0.1, -0.05) is 65.7 Å². The summed E-state index contributed by atoms with van der Waals surface area (Å²) in [4.78, 5) is 17.4. The lowest BCUT2D eigenvalue weighted by Crippen LogP contribution is -2.48. The Labute approximate surface area is 189 Å². The topological polar surface area (TPSA) is 32.8 Å². The molecule has 1 aliphatic rings. The van der Waals surface area contributed by atoms with Gasteiger partial charge in [-0.25, -0.2) is 0 Å². The Balaban J connectivity index is 1.32. The summed E-state index contributed by atoms with van der Waals surface area (Å²) < 4.78 is 5.82. The van der Waals surface area contributed by atoms with Gasteiger partial charge in [0.05, 0.1) is 5.02 Å². The van der Waals surface area contributed by atoms with Crippen LogP contribution in [0.3, 0.4) is 0 Å². The van der Waals surface area contributed by atoms with E-state index in [-0.39, 0.29) is 5.91 Å². The van der Waals surface area contributed by atoms with E-state index in [9.17, 15) is 4.79 Å². The normalized spacial score (nSPS) is 14.5. The molecule has 0 bridgehead atoms. The van der Waals surface area contributed by atoms with Gasteiger partial charge in [0, 0.05) is 38.3 Å². The minimum absolute atomic E-state index is 0.0785. The van der Waals surface area contributed by atoms with Crippen LogP contribution in [0.25, 0.3) is 0 Å². The number of aryl methyl sites for hydroxylation is 1. The summed E-state index contributed by atoms with van der Waals surface area (Å²) in [6.45, 7) is 6.67. The van der Waals surface area contributed by atoms with E-state index in [2.05, 4.69) is 36.1 Å². The summed E-state index contributed by atoms with van der Waals surface area (Å²) in [6.07, 6.45) is 0. The van der Waals surface area contributed by atoms with Gasteiger partial charge in [0.1, 0.15) is 12.4 Å². The second kappa shape index (κ2) is 9.99. The van der Waals surface area contributed by atoms with Gasteiger partial charge in [-0.3, -0.25) is 9.69 Å². The van der Waals surface area contributed by atoms with Gasteiger partial charge in [-0.05, 0) is 42.3 Å². The molecule has 1 saturated heterocycles. The summed E-state index contributed by atoms with van der Waals surface area (Å²) in [6, 6.07) is 23.7. The molecule has 3 aromatic rings. The number of carbonyl (C=O) groups excluding carboxylic acids is 1. The van der Waals surface area contributed by atoms with Crippen LogP contribution in [0.2, 0.25) is 5.02 Å². The third-order valence-electron chi connectivity index (χ3n) is 5.55. The molecule has 1 aliphatic heterocycles. The number of ether oxygens (including phenoxy) is 1.